The summed E-state index contributed by atoms with van der Waals surface area (Å²) in [6.45, 7) is -0.492. The van der Waals surface area contributed by atoms with Crippen molar-refractivity contribution in [2.45, 2.75) is 29.3 Å². The predicted octanol–water partition coefficient (Wildman–Crippen LogP) is 7.67. The summed E-state index contributed by atoms with van der Waals surface area (Å²) in [5.41, 5.74) is 3.40. The van der Waals surface area contributed by atoms with E-state index in [1.165, 1.54) is 29.8 Å². The number of ether oxygens (including phenoxy) is 1. The van der Waals surface area contributed by atoms with Crippen molar-refractivity contribution in [1.29, 1.82) is 5.26 Å². The minimum Gasteiger partial charge on any atom is -0.454 e. The molecule has 0 N–H and O–H groups in total. The van der Waals surface area contributed by atoms with E-state index in [9.17, 15) is 37.6 Å². The van der Waals surface area contributed by atoms with Gasteiger partial charge in [0.2, 0.25) is 11.8 Å². The number of fused-ring (bicyclic) bond motifs is 3. The number of pyridine rings is 1. The Balaban J connectivity index is 1.03. The first-order valence-corrected chi connectivity index (χ1v) is 16.5. The van der Waals surface area contributed by atoms with Crippen molar-refractivity contribution < 1.29 is 37.1 Å². The smallest absolute Gasteiger partial charge is 0.417 e. The summed E-state index contributed by atoms with van der Waals surface area (Å²) in [5.74, 6) is -2.50. The molecule has 0 bridgehead atoms. The van der Waals surface area contributed by atoms with Crippen LogP contribution in [0.2, 0.25) is 0 Å². The number of anilines is 1. The third-order valence-corrected chi connectivity index (χ3v) is 9.81. The Bertz CT molecular complexity index is 2290. The average molecular weight is 704 g/mol. The number of Topliss-reactive ketones (excluding diaryl/α,β-unsaturated/α-hetero) is 1. The molecule has 0 radical (unpaired) electrons. The lowest BCUT2D eigenvalue weighted by molar-refractivity contribution is -0.138. The fourth-order valence-electron chi connectivity index (χ4n) is 6.16. The molecule has 51 heavy (non-hydrogen) atoms. The zero-order valence-corrected chi connectivity index (χ0v) is 27.3. The number of halogens is 3. The second kappa shape index (κ2) is 13.3. The molecule has 2 heterocycles. The first-order chi connectivity index (χ1) is 24.5. The summed E-state index contributed by atoms with van der Waals surface area (Å²) < 4.78 is 47.3. The highest BCUT2D eigenvalue weighted by Crippen LogP contribution is 2.41. The van der Waals surface area contributed by atoms with Crippen LogP contribution in [0.15, 0.2) is 108 Å². The van der Waals surface area contributed by atoms with Crippen molar-refractivity contribution >= 4 is 41.0 Å². The standard InChI is InChI=1S/C39H24F3N3O5S/c40-39(41,42)31-18-32(22-6-2-1-3-7-22)44-36(30(31)20-43)51-34-19-35(47)45(37(34)48)27-13-10-23(11-14-27)38(49)50-21-33(46)25-12-15-29-26(17-25)16-24-8-4-5-9-28(24)29/h1-15,17-18,34H,16,19,21H2. The van der Waals surface area contributed by atoms with E-state index in [0.717, 1.165) is 27.7 Å². The zero-order valence-electron chi connectivity index (χ0n) is 26.4. The molecule has 0 saturated carbocycles. The molecule has 1 aliphatic heterocycles. The average Bonchev–Trinajstić information content (AvgIpc) is 3.64. The topological polar surface area (TPSA) is 117 Å². The number of esters is 1. The number of carbonyl (C=O) groups is 4. The fraction of sp³-hybridized carbons (Fsp3) is 0.128. The van der Waals surface area contributed by atoms with Crippen molar-refractivity contribution in [2.75, 3.05) is 11.5 Å². The van der Waals surface area contributed by atoms with Crippen molar-refractivity contribution in [3.63, 3.8) is 0 Å². The maximum absolute atomic E-state index is 14.0. The summed E-state index contributed by atoms with van der Waals surface area (Å²) >= 11 is 0.619. The lowest BCUT2D eigenvalue weighted by Gasteiger charge is -2.17. The molecular weight excluding hydrogens is 680 g/mol. The van der Waals surface area contributed by atoms with Gasteiger partial charge in [0.05, 0.1) is 33.3 Å². The fourth-order valence-corrected chi connectivity index (χ4v) is 7.29. The van der Waals surface area contributed by atoms with E-state index < -0.39 is 46.9 Å². The number of benzene rings is 4. The van der Waals surface area contributed by atoms with Crippen molar-refractivity contribution in [2.24, 2.45) is 0 Å². The number of rotatable bonds is 8. The molecule has 2 amide bonds. The molecule has 252 valence electrons. The molecule has 5 aromatic rings. The van der Waals surface area contributed by atoms with E-state index in [1.54, 1.807) is 42.5 Å². The highest BCUT2D eigenvalue weighted by atomic mass is 32.2. The maximum atomic E-state index is 14.0. The summed E-state index contributed by atoms with van der Waals surface area (Å²) in [4.78, 5) is 57.3. The lowest BCUT2D eigenvalue weighted by Crippen LogP contribution is -2.31. The number of amides is 2. The first-order valence-electron chi connectivity index (χ1n) is 15.6. The number of carbonyl (C=O) groups excluding carboxylic acids is 4. The van der Waals surface area contributed by atoms with E-state index in [4.69, 9.17) is 4.74 Å². The summed E-state index contributed by atoms with van der Waals surface area (Å²) in [6.07, 6.45) is -4.52. The first kappa shape index (κ1) is 33.4. The van der Waals surface area contributed by atoms with Crippen LogP contribution in [0.5, 0.6) is 0 Å². The van der Waals surface area contributed by atoms with Gasteiger partial charge in [-0.1, -0.05) is 78.5 Å². The van der Waals surface area contributed by atoms with Crippen LogP contribution in [0.1, 0.15) is 49.4 Å². The molecule has 8 nitrogen and oxygen atoms in total. The number of nitriles is 1. The molecule has 2 aliphatic rings. The summed E-state index contributed by atoms with van der Waals surface area (Å²) in [7, 11) is 0. The summed E-state index contributed by atoms with van der Waals surface area (Å²) in [5, 5.41) is 8.20. The van der Waals surface area contributed by atoms with Gasteiger partial charge in [-0.15, -0.1) is 0 Å². The Morgan fingerprint density at radius 3 is 2.29 bits per heavy atom. The monoisotopic (exact) mass is 703 g/mol. The normalized spacial score (nSPS) is 14.9. The van der Waals surface area contributed by atoms with Gasteiger partial charge in [-0.3, -0.25) is 14.4 Å². The minimum absolute atomic E-state index is 0.0412. The van der Waals surface area contributed by atoms with Gasteiger partial charge in [-0.2, -0.15) is 18.4 Å². The number of alkyl halides is 3. The van der Waals surface area contributed by atoms with Gasteiger partial charge >= 0.3 is 12.1 Å². The van der Waals surface area contributed by atoms with Gasteiger partial charge in [0.1, 0.15) is 11.1 Å². The van der Waals surface area contributed by atoms with Gasteiger partial charge in [-0.25, -0.2) is 14.7 Å². The van der Waals surface area contributed by atoms with E-state index in [2.05, 4.69) is 4.98 Å². The number of imide groups is 1. The molecule has 1 aliphatic carbocycles. The molecule has 1 saturated heterocycles. The van der Waals surface area contributed by atoms with E-state index >= 15 is 0 Å². The number of hydrogen-bond donors (Lipinski definition) is 0. The minimum atomic E-state index is -4.88. The second-order valence-electron chi connectivity index (χ2n) is 11.8. The van der Waals surface area contributed by atoms with Crippen LogP contribution < -0.4 is 4.90 Å². The van der Waals surface area contributed by atoms with E-state index in [0.29, 0.717) is 29.3 Å². The van der Waals surface area contributed by atoms with Crippen molar-refractivity contribution in [3.05, 3.63) is 137 Å². The Labute approximate surface area is 293 Å². The SMILES string of the molecule is N#Cc1c(C(F)(F)F)cc(-c2ccccc2)nc1SC1CC(=O)N(c2ccc(C(=O)OCC(=O)c3ccc4c(c3)Cc3ccccc3-4)cc2)C1=O. The van der Waals surface area contributed by atoms with Crippen LogP contribution in [0, 0.1) is 11.3 Å². The molecular formula is C39H24F3N3O5S. The van der Waals surface area contributed by atoms with Gasteiger partial charge in [0, 0.05) is 17.5 Å². The predicted molar refractivity (Wildman–Crippen MR) is 182 cm³/mol. The van der Waals surface area contributed by atoms with Crippen LogP contribution in [0.3, 0.4) is 0 Å². The molecule has 7 rings (SSSR count). The van der Waals surface area contributed by atoms with Crippen LogP contribution in [0.4, 0.5) is 18.9 Å². The van der Waals surface area contributed by atoms with Crippen LogP contribution >= 0.6 is 11.8 Å². The number of thioether (sulfide) groups is 1. The van der Waals surface area contributed by atoms with E-state index in [1.807, 2.05) is 36.4 Å². The Kier molecular flexibility index (Phi) is 8.74. The molecule has 1 aromatic heterocycles. The molecule has 4 aromatic carbocycles. The molecule has 1 atom stereocenters. The van der Waals surface area contributed by atoms with Crippen molar-refractivity contribution in [1.82, 2.24) is 4.98 Å². The second-order valence-corrected chi connectivity index (χ2v) is 13.0. The molecule has 1 unspecified atom stereocenters. The Hall–Kier alpha value is -6.06. The molecule has 0 spiro atoms. The lowest BCUT2D eigenvalue weighted by atomic mass is 10.0. The highest BCUT2D eigenvalue weighted by molar-refractivity contribution is 8.00. The van der Waals surface area contributed by atoms with Gasteiger partial charge < -0.3 is 4.74 Å². The summed E-state index contributed by atoms with van der Waals surface area (Å²) in [6, 6.07) is 29.3. The van der Waals surface area contributed by atoms with Crippen LogP contribution in [0.25, 0.3) is 22.4 Å². The van der Waals surface area contributed by atoms with E-state index in [-0.39, 0.29) is 34.2 Å². The third kappa shape index (κ3) is 6.51. The number of aromatic nitrogens is 1. The van der Waals surface area contributed by atoms with Crippen LogP contribution in [-0.4, -0.2) is 40.4 Å². The number of nitrogens with zero attached hydrogens (tertiary/aromatic N) is 3. The van der Waals surface area contributed by atoms with Crippen molar-refractivity contribution in [3.8, 4) is 28.5 Å². The Morgan fingerprint density at radius 1 is 0.882 bits per heavy atom. The molecule has 1 fully saturated rings. The maximum Gasteiger partial charge on any atom is 0.417 e. The number of hydrogen-bond acceptors (Lipinski definition) is 8. The van der Waals surface area contributed by atoms with Gasteiger partial charge in [0.25, 0.3) is 0 Å². The third-order valence-electron chi connectivity index (χ3n) is 8.64. The zero-order chi connectivity index (χ0) is 35.9. The quantitative estimate of drug-likeness (QED) is 0.0901. The van der Waals surface area contributed by atoms with Crippen LogP contribution in [-0.2, 0) is 26.9 Å². The van der Waals surface area contributed by atoms with Gasteiger partial charge in [0.15, 0.2) is 12.4 Å². The molecule has 12 heteroatoms. The Morgan fingerprint density at radius 2 is 1.57 bits per heavy atom. The number of ketones is 1. The largest absolute Gasteiger partial charge is 0.454 e. The highest BCUT2D eigenvalue weighted by Gasteiger charge is 2.42. The van der Waals surface area contributed by atoms with Gasteiger partial charge in [-0.05, 0) is 65.1 Å².